The highest BCUT2D eigenvalue weighted by Gasteiger charge is 2.39. The van der Waals surface area contributed by atoms with Gasteiger partial charge in [-0.15, -0.1) is 0 Å². The van der Waals surface area contributed by atoms with Crippen LogP contribution in [0.5, 0.6) is 0 Å². The van der Waals surface area contributed by atoms with E-state index >= 15 is 0 Å². The summed E-state index contributed by atoms with van der Waals surface area (Å²) in [4.78, 5) is 22.2. The molecule has 1 aromatic rings. The molecule has 0 aromatic carbocycles. The zero-order chi connectivity index (χ0) is 13.8. The first-order valence-corrected chi connectivity index (χ1v) is 5.38. The van der Waals surface area contributed by atoms with Crippen molar-refractivity contribution in [2.24, 2.45) is 0 Å². The van der Waals surface area contributed by atoms with Crippen LogP contribution in [0.4, 0.5) is 13.2 Å². The van der Waals surface area contributed by atoms with Gasteiger partial charge < -0.3 is 9.88 Å². The summed E-state index contributed by atoms with van der Waals surface area (Å²) >= 11 is 0. The van der Waals surface area contributed by atoms with Crippen molar-refractivity contribution in [2.45, 2.75) is 26.1 Å². The number of carbonyl (C=O) groups is 2. The molecule has 100 valence electrons. The van der Waals surface area contributed by atoms with Crippen molar-refractivity contribution in [2.75, 3.05) is 6.54 Å². The molecular weight excluding hydrogens is 249 g/mol. The second kappa shape index (κ2) is 5.70. The molecule has 0 spiro atoms. The number of alkyl halides is 3. The minimum Gasteiger partial charge on any atom is -0.355 e. The van der Waals surface area contributed by atoms with Gasteiger partial charge in [0.1, 0.15) is 6.54 Å². The maximum Gasteiger partial charge on any atom is 0.454 e. The first-order valence-electron chi connectivity index (χ1n) is 5.38. The first kappa shape index (κ1) is 14.3. The SMILES string of the molecule is CCCNC(=O)Cn1ccc(C(=O)C(F)(F)F)c1. The summed E-state index contributed by atoms with van der Waals surface area (Å²) in [5.74, 6) is -2.21. The number of halogens is 3. The molecule has 0 aliphatic rings. The van der Waals surface area contributed by atoms with E-state index in [1.165, 1.54) is 10.8 Å². The number of hydrogen-bond donors (Lipinski definition) is 1. The molecule has 0 fully saturated rings. The molecule has 0 unspecified atom stereocenters. The number of aromatic nitrogens is 1. The number of amides is 1. The number of Topliss-reactive ketones (excluding diaryl/α,β-unsaturated/α-hetero) is 1. The predicted molar refractivity (Wildman–Crippen MR) is 58.1 cm³/mol. The van der Waals surface area contributed by atoms with Crippen LogP contribution in [0.3, 0.4) is 0 Å². The van der Waals surface area contributed by atoms with Crippen molar-refractivity contribution in [1.82, 2.24) is 9.88 Å². The van der Waals surface area contributed by atoms with E-state index in [1.807, 2.05) is 6.92 Å². The lowest BCUT2D eigenvalue weighted by Crippen LogP contribution is -2.27. The molecule has 0 saturated heterocycles. The Morgan fingerprint density at radius 3 is 2.61 bits per heavy atom. The Morgan fingerprint density at radius 2 is 2.06 bits per heavy atom. The number of nitrogens with zero attached hydrogens (tertiary/aromatic N) is 1. The summed E-state index contributed by atoms with van der Waals surface area (Å²) in [6, 6.07) is 1.04. The van der Waals surface area contributed by atoms with Crippen LogP contribution in [-0.4, -0.2) is 29.0 Å². The lowest BCUT2D eigenvalue weighted by Gasteiger charge is -2.04. The molecule has 1 N–H and O–H groups in total. The number of ketones is 1. The molecule has 1 aromatic heterocycles. The first-order chi connectivity index (χ1) is 8.34. The second-order valence-corrected chi connectivity index (χ2v) is 3.75. The van der Waals surface area contributed by atoms with Gasteiger partial charge in [-0.1, -0.05) is 6.92 Å². The third-order valence-electron chi connectivity index (χ3n) is 2.17. The highest BCUT2D eigenvalue weighted by atomic mass is 19.4. The van der Waals surface area contributed by atoms with Crippen LogP contribution in [0, 0.1) is 0 Å². The van der Waals surface area contributed by atoms with E-state index in [2.05, 4.69) is 5.32 Å². The fourth-order valence-electron chi connectivity index (χ4n) is 1.32. The topological polar surface area (TPSA) is 51.1 Å². The summed E-state index contributed by atoms with van der Waals surface area (Å²) < 4.78 is 37.6. The molecule has 7 heteroatoms. The van der Waals surface area contributed by atoms with E-state index in [0.717, 1.165) is 18.7 Å². The van der Waals surface area contributed by atoms with Crippen LogP contribution in [0.1, 0.15) is 23.7 Å². The number of rotatable bonds is 5. The van der Waals surface area contributed by atoms with E-state index < -0.39 is 17.5 Å². The normalized spacial score (nSPS) is 11.3. The van der Waals surface area contributed by atoms with E-state index in [-0.39, 0.29) is 12.5 Å². The summed E-state index contributed by atoms with van der Waals surface area (Å²) in [6.45, 7) is 2.29. The van der Waals surface area contributed by atoms with Gasteiger partial charge in [0, 0.05) is 24.5 Å². The highest BCUT2D eigenvalue weighted by Crippen LogP contribution is 2.21. The average Bonchev–Trinajstić information content (AvgIpc) is 2.72. The Hall–Kier alpha value is -1.79. The van der Waals surface area contributed by atoms with Gasteiger partial charge >= 0.3 is 6.18 Å². The summed E-state index contributed by atoms with van der Waals surface area (Å²) in [7, 11) is 0. The quantitative estimate of drug-likeness (QED) is 0.822. The molecule has 0 bridgehead atoms. The molecule has 18 heavy (non-hydrogen) atoms. The maximum absolute atomic E-state index is 12.1. The van der Waals surface area contributed by atoms with Crippen molar-refractivity contribution in [3.63, 3.8) is 0 Å². The number of hydrogen-bond acceptors (Lipinski definition) is 2. The molecule has 4 nitrogen and oxygen atoms in total. The lowest BCUT2D eigenvalue weighted by molar-refractivity contribution is -0.121. The maximum atomic E-state index is 12.1. The summed E-state index contributed by atoms with van der Waals surface area (Å²) in [6.07, 6.45) is -1.84. The smallest absolute Gasteiger partial charge is 0.355 e. The molecule has 0 radical (unpaired) electrons. The van der Waals surface area contributed by atoms with Gasteiger partial charge in [0.15, 0.2) is 0 Å². The molecule has 1 heterocycles. The molecule has 0 aliphatic heterocycles. The predicted octanol–water partition coefficient (Wildman–Crippen LogP) is 1.76. The second-order valence-electron chi connectivity index (χ2n) is 3.75. The Kier molecular flexibility index (Phi) is 4.52. The van der Waals surface area contributed by atoms with E-state index in [4.69, 9.17) is 0 Å². The molecular formula is C11H13F3N2O2. The van der Waals surface area contributed by atoms with Crippen molar-refractivity contribution in [1.29, 1.82) is 0 Å². The van der Waals surface area contributed by atoms with Crippen molar-refractivity contribution >= 4 is 11.7 Å². The number of carbonyl (C=O) groups excluding carboxylic acids is 2. The van der Waals surface area contributed by atoms with Crippen LogP contribution in [-0.2, 0) is 11.3 Å². The van der Waals surface area contributed by atoms with Crippen LogP contribution in [0.2, 0.25) is 0 Å². The van der Waals surface area contributed by atoms with Gasteiger partial charge in [0.05, 0.1) is 0 Å². The Labute approximate surface area is 102 Å². The molecule has 0 atom stereocenters. The third-order valence-corrected chi connectivity index (χ3v) is 2.17. The standard InChI is InChI=1S/C11H13F3N2O2/c1-2-4-15-9(17)7-16-5-3-8(6-16)10(18)11(12,13)14/h3,5-6H,2,4,7H2,1H3,(H,15,17). The Bertz CT molecular complexity index is 438. The third kappa shape index (κ3) is 3.90. The zero-order valence-electron chi connectivity index (χ0n) is 9.75. The van der Waals surface area contributed by atoms with Gasteiger partial charge in [-0.2, -0.15) is 13.2 Å². The minimum absolute atomic E-state index is 0.106. The van der Waals surface area contributed by atoms with Crippen molar-refractivity contribution in [3.8, 4) is 0 Å². The van der Waals surface area contributed by atoms with Crippen molar-refractivity contribution < 1.29 is 22.8 Å². The zero-order valence-corrected chi connectivity index (χ0v) is 9.75. The fourth-order valence-corrected chi connectivity index (χ4v) is 1.32. The van der Waals surface area contributed by atoms with E-state index in [9.17, 15) is 22.8 Å². The average molecular weight is 262 g/mol. The molecule has 1 amide bonds. The fraction of sp³-hybridized carbons (Fsp3) is 0.455. The Balaban J connectivity index is 2.64. The largest absolute Gasteiger partial charge is 0.454 e. The van der Waals surface area contributed by atoms with E-state index in [1.54, 1.807) is 0 Å². The van der Waals surface area contributed by atoms with E-state index in [0.29, 0.717) is 6.54 Å². The highest BCUT2D eigenvalue weighted by molar-refractivity contribution is 6.00. The van der Waals surface area contributed by atoms with Gasteiger partial charge in [-0.05, 0) is 12.5 Å². The van der Waals surface area contributed by atoms with Gasteiger partial charge in [0.2, 0.25) is 5.91 Å². The van der Waals surface area contributed by atoms with Crippen molar-refractivity contribution in [3.05, 3.63) is 24.0 Å². The lowest BCUT2D eigenvalue weighted by atomic mass is 10.2. The van der Waals surface area contributed by atoms with Gasteiger partial charge in [0.25, 0.3) is 5.78 Å². The molecule has 1 rings (SSSR count). The minimum atomic E-state index is -4.89. The van der Waals surface area contributed by atoms with Crippen LogP contribution < -0.4 is 5.32 Å². The number of nitrogens with one attached hydrogen (secondary N) is 1. The summed E-state index contributed by atoms with van der Waals surface area (Å²) in [5.41, 5.74) is -0.467. The van der Waals surface area contributed by atoms with Gasteiger partial charge in [-0.3, -0.25) is 9.59 Å². The van der Waals surface area contributed by atoms with Crippen LogP contribution in [0.25, 0.3) is 0 Å². The molecule has 0 aliphatic carbocycles. The monoisotopic (exact) mass is 262 g/mol. The summed E-state index contributed by atoms with van der Waals surface area (Å²) in [5, 5.41) is 2.58. The van der Waals surface area contributed by atoms with Crippen LogP contribution in [0.15, 0.2) is 18.5 Å². The Morgan fingerprint density at radius 1 is 1.39 bits per heavy atom. The van der Waals surface area contributed by atoms with Crippen LogP contribution >= 0.6 is 0 Å². The molecule has 0 saturated carbocycles. The van der Waals surface area contributed by atoms with Gasteiger partial charge in [-0.25, -0.2) is 0 Å².